The van der Waals surface area contributed by atoms with Crippen LogP contribution in [0.15, 0.2) is 18.2 Å². The van der Waals surface area contributed by atoms with Crippen LogP contribution in [0.5, 0.6) is 5.75 Å². The van der Waals surface area contributed by atoms with E-state index in [1.165, 1.54) is 5.56 Å². The minimum atomic E-state index is 0.0442. The number of carbonyl (C=O) groups is 1. The van der Waals surface area contributed by atoms with E-state index in [0.29, 0.717) is 6.54 Å². The van der Waals surface area contributed by atoms with Gasteiger partial charge in [0, 0.05) is 19.5 Å². The molecule has 0 saturated carbocycles. The second-order valence-electron chi connectivity index (χ2n) is 4.92. The van der Waals surface area contributed by atoms with Crippen LogP contribution in [0.1, 0.15) is 24.5 Å². The Kier molecular flexibility index (Phi) is 4.80. The monoisotopic (exact) mass is 262 g/mol. The third kappa shape index (κ3) is 3.47. The average Bonchev–Trinajstić information content (AvgIpc) is 2.89. The van der Waals surface area contributed by atoms with Crippen molar-refractivity contribution >= 4 is 5.91 Å². The normalized spacial score (nSPS) is 14.6. The van der Waals surface area contributed by atoms with E-state index in [-0.39, 0.29) is 11.8 Å². The van der Waals surface area contributed by atoms with Crippen LogP contribution >= 0.6 is 0 Å². The number of nitrogens with one attached hydrogen (secondary N) is 2. The highest BCUT2D eigenvalue weighted by Gasteiger charge is 2.16. The Bertz CT molecular complexity index is 446. The fourth-order valence-electron chi connectivity index (χ4n) is 2.35. The Morgan fingerprint density at radius 2 is 2.32 bits per heavy atom. The van der Waals surface area contributed by atoms with Crippen molar-refractivity contribution in [3.63, 3.8) is 0 Å². The molecule has 0 aliphatic carbocycles. The third-order valence-electron chi connectivity index (χ3n) is 3.53. The van der Waals surface area contributed by atoms with Gasteiger partial charge in [0.05, 0.1) is 12.5 Å². The molecule has 4 heteroatoms. The molecule has 1 aliphatic rings. The molecule has 1 unspecified atom stereocenters. The van der Waals surface area contributed by atoms with Crippen molar-refractivity contribution in [2.45, 2.75) is 26.3 Å². The summed E-state index contributed by atoms with van der Waals surface area (Å²) >= 11 is 0. The van der Waals surface area contributed by atoms with Gasteiger partial charge in [-0.1, -0.05) is 19.1 Å². The quantitative estimate of drug-likeness (QED) is 0.816. The Morgan fingerprint density at radius 3 is 3.05 bits per heavy atom. The van der Waals surface area contributed by atoms with E-state index >= 15 is 0 Å². The summed E-state index contributed by atoms with van der Waals surface area (Å²) in [5.41, 5.74) is 2.38. The van der Waals surface area contributed by atoms with E-state index in [4.69, 9.17) is 4.74 Å². The summed E-state index contributed by atoms with van der Waals surface area (Å²) in [4.78, 5) is 12.0. The molecule has 104 valence electrons. The van der Waals surface area contributed by atoms with E-state index in [2.05, 4.69) is 16.7 Å². The molecule has 0 radical (unpaired) electrons. The van der Waals surface area contributed by atoms with Crippen LogP contribution < -0.4 is 15.4 Å². The largest absolute Gasteiger partial charge is 0.493 e. The topological polar surface area (TPSA) is 50.4 Å². The molecule has 0 fully saturated rings. The third-order valence-corrected chi connectivity index (χ3v) is 3.53. The molecule has 1 aromatic carbocycles. The highest BCUT2D eigenvalue weighted by molar-refractivity contribution is 5.78. The van der Waals surface area contributed by atoms with Gasteiger partial charge < -0.3 is 15.4 Å². The van der Waals surface area contributed by atoms with Crippen LogP contribution in [0, 0.1) is 5.92 Å². The molecular weight excluding hydrogens is 240 g/mol. The number of ether oxygens (including phenoxy) is 1. The molecular formula is C15H22N2O2. The summed E-state index contributed by atoms with van der Waals surface area (Å²) < 4.78 is 5.47. The van der Waals surface area contributed by atoms with Crippen LogP contribution in [-0.4, -0.2) is 26.1 Å². The second kappa shape index (κ2) is 6.57. The molecule has 0 bridgehead atoms. The number of amides is 1. The van der Waals surface area contributed by atoms with E-state index in [0.717, 1.165) is 37.3 Å². The van der Waals surface area contributed by atoms with Gasteiger partial charge in [0.1, 0.15) is 5.75 Å². The first-order chi connectivity index (χ1) is 9.24. The number of carbonyl (C=O) groups excluding carboxylic acids is 1. The molecule has 1 heterocycles. The highest BCUT2D eigenvalue weighted by atomic mass is 16.5. The van der Waals surface area contributed by atoms with Gasteiger partial charge in [-0.25, -0.2) is 0 Å². The lowest BCUT2D eigenvalue weighted by Crippen LogP contribution is -2.35. The molecule has 2 rings (SSSR count). The first-order valence-electron chi connectivity index (χ1n) is 6.91. The summed E-state index contributed by atoms with van der Waals surface area (Å²) in [7, 11) is 1.87. The second-order valence-corrected chi connectivity index (χ2v) is 4.92. The Balaban J connectivity index is 1.89. The SMILES string of the molecule is CCC(CNC)C(=O)NCc1ccc2c(c1)CCO2. The molecule has 1 aromatic rings. The summed E-state index contributed by atoms with van der Waals surface area (Å²) in [5.74, 6) is 1.15. The van der Waals surface area contributed by atoms with Crippen LogP contribution in [0.2, 0.25) is 0 Å². The summed E-state index contributed by atoms with van der Waals surface area (Å²) in [6.07, 6.45) is 1.82. The van der Waals surface area contributed by atoms with Crippen molar-refractivity contribution in [1.82, 2.24) is 10.6 Å². The lowest BCUT2D eigenvalue weighted by atomic mass is 10.1. The van der Waals surface area contributed by atoms with Gasteiger partial charge in [-0.05, 0) is 30.7 Å². The maximum atomic E-state index is 12.0. The van der Waals surface area contributed by atoms with Gasteiger partial charge in [0.25, 0.3) is 0 Å². The lowest BCUT2D eigenvalue weighted by molar-refractivity contribution is -0.125. The number of hydrogen-bond donors (Lipinski definition) is 2. The molecule has 0 spiro atoms. The fraction of sp³-hybridized carbons (Fsp3) is 0.533. The van der Waals surface area contributed by atoms with E-state index in [1.807, 2.05) is 26.1 Å². The maximum Gasteiger partial charge on any atom is 0.224 e. The predicted molar refractivity (Wildman–Crippen MR) is 75.2 cm³/mol. The van der Waals surface area contributed by atoms with Crippen LogP contribution in [0.25, 0.3) is 0 Å². The van der Waals surface area contributed by atoms with Gasteiger partial charge in [-0.3, -0.25) is 4.79 Å². The van der Waals surface area contributed by atoms with Gasteiger partial charge in [0.15, 0.2) is 0 Å². The minimum Gasteiger partial charge on any atom is -0.493 e. The van der Waals surface area contributed by atoms with E-state index < -0.39 is 0 Å². The van der Waals surface area contributed by atoms with Crippen molar-refractivity contribution in [3.05, 3.63) is 29.3 Å². The Labute approximate surface area is 114 Å². The number of benzene rings is 1. The summed E-state index contributed by atoms with van der Waals surface area (Å²) in [6, 6.07) is 6.14. The standard InChI is InChI=1S/C15H22N2O2/c1-3-12(10-16-2)15(18)17-9-11-4-5-14-13(8-11)6-7-19-14/h4-5,8,12,16H,3,6-7,9-10H2,1-2H3,(H,17,18). The van der Waals surface area contributed by atoms with Crippen molar-refractivity contribution in [3.8, 4) is 5.75 Å². The maximum absolute atomic E-state index is 12.0. The molecule has 1 amide bonds. The number of rotatable bonds is 6. The molecule has 0 aromatic heterocycles. The van der Waals surface area contributed by atoms with Gasteiger partial charge in [-0.15, -0.1) is 0 Å². The molecule has 4 nitrogen and oxygen atoms in total. The Morgan fingerprint density at radius 1 is 1.47 bits per heavy atom. The zero-order valence-electron chi connectivity index (χ0n) is 11.7. The predicted octanol–water partition coefficient (Wildman–Crippen LogP) is 1.48. The van der Waals surface area contributed by atoms with E-state index in [1.54, 1.807) is 0 Å². The van der Waals surface area contributed by atoms with Crippen LogP contribution in [0.4, 0.5) is 0 Å². The van der Waals surface area contributed by atoms with Gasteiger partial charge >= 0.3 is 0 Å². The van der Waals surface area contributed by atoms with Crippen molar-refractivity contribution in [2.24, 2.45) is 5.92 Å². The molecule has 1 aliphatic heterocycles. The van der Waals surface area contributed by atoms with Gasteiger partial charge in [-0.2, -0.15) is 0 Å². The molecule has 2 N–H and O–H groups in total. The van der Waals surface area contributed by atoms with Crippen molar-refractivity contribution in [2.75, 3.05) is 20.2 Å². The van der Waals surface area contributed by atoms with Crippen LogP contribution in [0.3, 0.4) is 0 Å². The first-order valence-corrected chi connectivity index (χ1v) is 6.91. The zero-order valence-corrected chi connectivity index (χ0v) is 11.7. The lowest BCUT2D eigenvalue weighted by Gasteiger charge is -2.14. The zero-order chi connectivity index (χ0) is 13.7. The smallest absolute Gasteiger partial charge is 0.224 e. The minimum absolute atomic E-state index is 0.0442. The highest BCUT2D eigenvalue weighted by Crippen LogP contribution is 2.25. The van der Waals surface area contributed by atoms with Crippen molar-refractivity contribution < 1.29 is 9.53 Å². The molecule has 1 atom stereocenters. The number of hydrogen-bond acceptors (Lipinski definition) is 3. The average molecular weight is 262 g/mol. The van der Waals surface area contributed by atoms with E-state index in [9.17, 15) is 4.79 Å². The van der Waals surface area contributed by atoms with Gasteiger partial charge in [0.2, 0.25) is 5.91 Å². The fourth-order valence-corrected chi connectivity index (χ4v) is 2.35. The first kappa shape index (κ1) is 13.9. The molecule has 19 heavy (non-hydrogen) atoms. The Hall–Kier alpha value is -1.55. The van der Waals surface area contributed by atoms with Crippen LogP contribution in [-0.2, 0) is 17.8 Å². The number of fused-ring (bicyclic) bond motifs is 1. The summed E-state index contributed by atoms with van der Waals surface area (Å²) in [5, 5.41) is 6.06. The molecule has 0 saturated heterocycles. The summed E-state index contributed by atoms with van der Waals surface area (Å²) in [6.45, 7) is 4.12. The van der Waals surface area contributed by atoms with Crippen molar-refractivity contribution in [1.29, 1.82) is 0 Å².